The summed E-state index contributed by atoms with van der Waals surface area (Å²) < 4.78 is 44.9. The van der Waals surface area contributed by atoms with E-state index < -0.39 is 17.7 Å². The van der Waals surface area contributed by atoms with Crippen LogP contribution in [0.3, 0.4) is 0 Å². The Morgan fingerprint density at radius 3 is 2.84 bits per heavy atom. The van der Waals surface area contributed by atoms with Crippen LogP contribution in [-0.4, -0.2) is 37.3 Å². The summed E-state index contributed by atoms with van der Waals surface area (Å²) >= 11 is 1.06. The zero-order chi connectivity index (χ0) is 18.0. The average Bonchev–Trinajstić information content (AvgIpc) is 3.25. The number of pyridine rings is 1. The SMILES string of the molecule is CCOC(=O)c1csc(-c2ncc(C(F)(F)F)cc2-n2cncn2)n1. The molecule has 130 valence electrons. The first kappa shape index (κ1) is 17.0. The molecule has 0 amide bonds. The number of esters is 1. The van der Waals surface area contributed by atoms with E-state index >= 15 is 0 Å². The van der Waals surface area contributed by atoms with Gasteiger partial charge in [0, 0.05) is 11.6 Å². The lowest BCUT2D eigenvalue weighted by molar-refractivity contribution is -0.137. The Kier molecular flexibility index (Phi) is 4.49. The summed E-state index contributed by atoms with van der Waals surface area (Å²) in [7, 11) is 0. The third-order valence-electron chi connectivity index (χ3n) is 3.05. The Hall–Kier alpha value is -2.82. The minimum Gasteiger partial charge on any atom is -0.461 e. The third kappa shape index (κ3) is 3.50. The number of alkyl halides is 3. The van der Waals surface area contributed by atoms with Crippen molar-refractivity contribution in [2.75, 3.05) is 6.61 Å². The number of halogens is 3. The van der Waals surface area contributed by atoms with Gasteiger partial charge in [0.2, 0.25) is 0 Å². The molecule has 0 spiro atoms. The summed E-state index contributed by atoms with van der Waals surface area (Å²) in [4.78, 5) is 23.4. The Bertz CT molecular complexity index is 892. The van der Waals surface area contributed by atoms with E-state index in [2.05, 4.69) is 20.1 Å². The first-order valence-electron chi connectivity index (χ1n) is 6.95. The fourth-order valence-electron chi connectivity index (χ4n) is 1.96. The normalized spacial score (nSPS) is 11.5. The number of hydrogen-bond donors (Lipinski definition) is 0. The molecule has 3 aromatic rings. The molecule has 3 rings (SSSR count). The van der Waals surface area contributed by atoms with Crippen LogP contribution < -0.4 is 0 Å². The highest BCUT2D eigenvalue weighted by atomic mass is 32.1. The van der Waals surface area contributed by atoms with Crippen LogP contribution in [0.25, 0.3) is 16.4 Å². The van der Waals surface area contributed by atoms with Crippen LogP contribution in [0, 0.1) is 0 Å². The van der Waals surface area contributed by atoms with E-state index in [0.717, 1.165) is 22.1 Å². The van der Waals surface area contributed by atoms with Crippen molar-refractivity contribution in [2.24, 2.45) is 0 Å². The van der Waals surface area contributed by atoms with Gasteiger partial charge in [0.1, 0.15) is 23.4 Å². The second-order valence-corrected chi connectivity index (χ2v) is 5.55. The standard InChI is InChI=1S/C14H10F3N5O2S/c1-2-24-13(23)9-5-25-12(21-9)11-10(22-7-18-6-20-22)3-8(4-19-11)14(15,16)17/h3-7H,2H2,1H3. The van der Waals surface area contributed by atoms with E-state index in [1.807, 2.05) is 0 Å². The van der Waals surface area contributed by atoms with Crippen molar-refractivity contribution in [3.8, 4) is 16.4 Å². The Morgan fingerprint density at radius 1 is 1.40 bits per heavy atom. The number of rotatable bonds is 4. The molecular weight excluding hydrogens is 359 g/mol. The summed E-state index contributed by atoms with van der Waals surface area (Å²) in [6.07, 6.45) is -1.41. The predicted molar refractivity (Wildman–Crippen MR) is 81.2 cm³/mol. The molecule has 7 nitrogen and oxygen atoms in total. The molecule has 3 heterocycles. The summed E-state index contributed by atoms with van der Waals surface area (Å²) in [6.45, 7) is 1.85. The molecule has 11 heteroatoms. The first-order chi connectivity index (χ1) is 11.9. The molecule has 3 aromatic heterocycles. The number of carbonyl (C=O) groups is 1. The molecule has 0 aliphatic heterocycles. The monoisotopic (exact) mass is 369 g/mol. The molecule has 0 saturated heterocycles. The molecule has 0 bridgehead atoms. The first-order valence-corrected chi connectivity index (χ1v) is 7.83. The van der Waals surface area contributed by atoms with Crippen LogP contribution in [0.4, 0.5) is 13.2 Å². The van der Waals surface area contributed by atoms with Gasteiger partial charge in [-0.25, -0.2) is 19.4 Å². The predicted octanol–water partition coefficient (Wildman–Crippen LogP) is 2.98. The molecule has 0 aliphatic carbocycles. The molecule has 25 heavy (non-hydrogen) atoms. The Balaban J connectivity index is 2.08. The zero-order valence-electron chi connectivity index (χ0n) is 12.7. The number of nitrogens with zero attached hydrogens (tertiary/aromatic N) is 5. The van der Waals surface area contributed by atoms with Gasteiger partial charge < -0.3 is 4.74 Å². The minimum absolute atomic E-state index is 0.0529. The lowest BCUT2D eigenvalue weighted by Gasteiger charge is -2.11. The summed E-state index contributed by atoms with van der Waals surface area (Å²) in [6, 6.07) is 0.905. The molecule has 0 aromatic carbocycles. The van der Waals surface area contributed by atoms with Crippen molar-refractivity contribution in [2.45, 2.75) is 13.1 Å². The van der Waals surface area contributed by atoms with E-state index in [9.17, 15) is 18.0 Å². The quantitative estimate of drug-likeness (QED) is 0.658. The summed E-state index contributed by atoms with van der Waals surface area (Å²) in [5.41, 5.74) is -0.659. The molecular formula is C14H10F3N5O2S. The van der Waals surface area contributed by atoms with E-state index in [1.54, 1.807) is 6.92 Å². The van der Waals surface area contributed by atoms with Crippen molar-refractivity contribution >= 4 is 17.3 Å². The van der Waals surface area contributed by atoms with Crippen LogP contribution >= 0.6 is 11.3 Å². The van der Waals surface area contributed by atoms with E-state index in [-0.39, 0.29) is 28.7 Å². The Labute approximate surface area is 143 Å². The molecule has 0 radical (unpaired) electrons. The van der Waals surface area contributed by atoms with Crippen LogP contribution in [-0.2, 0) is 10.9 Å². The molecule has 0 fully saturated rings. The molecule has 0 atom stereocenters. The van der Waals surface area contributed by atoms with Crippen LogP contribution in [0.5, 0.6) is 0 Å². The Morgan fingerprint density at radius 2 is 2.20 bits per heavy atom. The maximum absolute atomic E-state index is 13.0. The summed E-state index contributed by atoms with van der Waals surface area (Å²) in [5.74, 6) is -0.612. The maximum atomic E-state index is 13.0. The molecule has 0 unspecified atom stereocenters. The van der Waals surface area contributed by atoms with E-state index in [0.29, 0.717) is 6.20 Å². The number of hydrogen-bond acceptors (Lipinski definition) is 7. The number of aromatic nitrogens is 5. The van der Waals surface area contributed by atoms with Gasteiger partial charge in [-0.15, -0.1) is 11.3 Å². The van der Waals surface area contributed by atoms with Crippen molar-refractivity contribution < 1.29 is 22.7 Å². The van der Waals surface area contributed by atoms with Crippen molar-refractivity contribution in [3.05, 3.63) is 41.6 Å². The van der Waals surface area contributed by atoms with E-state index in [1.165, 1.54) is 18.0 Å². The topological polar surface area (TPSA) is 82.8 Å². The summed E-state index contributed by atoms with van der Waals surface area (Å²) in [5, 5.41) is 5.57. The van der Waals surface area contributed by atoms with Gasteiger partial charge >= 0.3 is 12.1 Å². The van der Waals surface area contributed by atoms with Crippen molar-refractivity contribution in [1.29, 1.82) is 0 Å². The maximum Gasteiger partial charge on any atom is 0.417 e. The lowest BCUT2D eigenvalue weighted by Crippen LogP contribution is -2.09. The highest BCUT2D eigenvalue weighted by molar-refractivity contribution is 7.13. The smallest absolute Gasteiger partial charge is 0.417 e. The second-order valence-electron chi connectivity index (χ2n) is 4.69. The van der Waals surface area contributed by atoms with Crippen LogP contribution in [0.2, 0.25) is 0 Å². The second kappa shape index (κ2) is 6.59. The van der Waals surface area contributed by atoms with Gasteiger partial charge in [0.05, 0.1) is 17.9 Å². The lowest BCUT2D eigenvalue weighted by atomic mass is 10.2. The highest BCUT2D eigenvalue weighted by Gasteiger charge is 2.32. The number of thiazole rings is 1. The van der Waals surface area contributed by atoms with Gasteiger partial charge in [-0.05, 0) is 13.0 Å². The largest absolute Gasteiger partial charge is 0.461 e. The van der Waals surface area contributed by atoms with Crippen molar-refractivity contribution in [1.82, 2.24) is 24.7 Å². The van der Waals surface area contributed by atoms with Crippen molar-refractivity contribution in [3.63, 3.8) is 0 Å². The van der Waals surface area contributed by atoms with Crippen LogP contribution in [0.15, 0.2) is 30.3 Å². The third-order valence-corrected chi connectivity index (χ3v) is 3.90. The fourth-order valence-corrected chi connectivity index (χ4v) is 2.75. The number of ether oxygens (including phenoxy) is 1. The minimum atomic E-state index is -4.56. The van der Waals surface area contributed by atoms with Gasteiger partial charge in [0.25, 0.3) is 0 Å². The molecule has 0 saturated carbocycles. The van der Waals surface area contributed by atoms with Crippen LogP contribution in [0.1, 0.15) is 23.0 Å². The number of carbonyl (C=O) groups excluding carboxylic acids is 1. The average molecular weight is 369 g/mol. The van der Waals surface area contributed by atoms with Gasteiger partial charge in [0.15, 0.2) is 5.69 Å². The van der Waals surface area contributed by atoms with Gasteiger partial charge in [-0.3, -0.25) is 4.98 Å². The van der Waals surface area contributed by atoms with Gasteiger partial charge in [-0.1, -0.05) is 0 Å². The zero-order valence-corrected chi connectivity index (χ0v) is 13.5. The molecule has 0 N–H and O–H groups in total. The fraction of sp³-hybridized carbons (Fsp3) is 0.214. The highest BCUT2D eigenvalue weighted by Crippen LogP contribution is 2.34. The van der Waals surface area contributed by atoms with E-state index in [4.69, 9.17) is 4.74 Å². The molecule has 0 aliphatic rings. The van der Waals surface area contributed by atoms with Gasteiger partial charge in [-0.2, -0.15) is 18.3 Å².